The summed E-state index contributed by atoms with van der Waals surface area (Å²) in [7, 11) is 0. The molecule has 8 heteroatoms. The number of ether oxygens (including phenoxy) is 3. The van der Waals surface area contributed by atoms with Crippen molar-refractivity contribution in [2.75, 3.05) is 43.1 Å². The fourth-order valence-corrected chi connectivity index (χ4v) is 4.47. The fourth-order valence-electron chi connectivity index (χ4n) is 3.71. The molecule has 5 nitrogen and oxygen atoms in total. The number of nitrogens with one attached hydrogen (secondary N) is 1. The number of rotatable bonds is 9. The first-order valence-electron chi connectivity index (χ1n) is 11.2. The van der Waals surface area contributed by atoms with E-state index in [1.54, 1.807) is 12.1 Å². The smallest absolute Gasteiger partial charge is 0.162 e. The van der Waals surface area contributed by atoms with Crippen molar-refractivity contribution >= 4 is 38.9 Å². The number of hydrogen-bond donors (Lipinski definition) is 1. The molecule has 0 aliphatic carbocycles. The third-order valence-electron chi connectivity index (χ3n) is 5.50. The second kappa shape index (κ2) is 11.8. The van der Waals surface area contributed by atoms with Crippen molar-refractivity contribution < 1.29 is 18.6 Å². The first-order valence-corrected chi connectivity index (χ1v) is 12.4. The highest BCUT2D eigenvalue weighted by Gasteiger charge is 2.15. The number of halogens is 3. The Labute approximate surface area is 212 Å². The molecule has 34 heavy (non-hydrogen) atoms. The molecule has 0 saturated carbocycles. The second-order valence-corrected chi connectivity index (χ2v) is 9.12. The normalized spacial score (nSPS) is 13.6. The van der Waals surface area contributed by atoms with Crippen LogP contribution in [0.25, 0.3) is 0 Å². The van der Waals surface area contributed by atoms with Crippen LogP contribution in [0.2, 0.25) is 5.02 Å². The summed E-state index contributed by atoms with van der Waals surface area (Å²) in [5, 5.41) is 4.15. The summed E-state index contributed by atoms with van der Waals surface area (Å²) in [6.07, 6.45) is 0. The lowest BCUT2D eigenvalue weighted by Crippen LogP contribution is -2.36. The van der Waals surface area contributed by atoms with Crippen LogP contribution in [-0.4, -0.2) is 32.9 Å². The predicted molar refractivity (Wildman–Crippen MR) is 138 cm³/mol. The van der Waals surface area contributed by atoms with Crippen molar-refractivity contribution in [2.45, 2.75) is 20.1 Å². The monoisotopic (exact) mass is 548 g/mol. The highest BCUT2D eigenvalue weighted by atomic mass is 79.9. The molecule has 1 saturated heterocycles. The van der Waals surface area contributed by atoms with E-state index >= 15 is 0 Å². The third-order valence-corrected chi connectivity index (χ3v) is 6.54. The lowest BCUT2D eigenvalue weighted by atomic mass is 10.2. The summed E-state index contributed by atoms with van der Waals surface area (Å²) in [5.74, 6) is 1.01. The van der Waals surface area contributed by atoms with Crippen molar-refractivity contribution in [1.29, 1.82) is 0 Å². The summed E-state index contributed by atoms with van der Waals surface area (Å²) in [5.41, 5.74) is 3.86. The van der Waals surface area contributed by atoms with Crippen molar-refractivity contribution in [3.8, 4) is 11.5 Å². The van der Waals surface area contributed by atoms with Gasteiger partial charge in [0.2, 0.25) is 0 Å². The summed E-state index contributed by atoms with van der Waals surface area (Å²) in [4.78, 5) is 2.24. The van der Waals surface area contributed by atoms with Crippen molar-refractivity contribution in [2.24, 2.45) is 0 Å². The molecule has 180 valence electrons. The standard InChI is InChI=1S/C26H27BrClFN2O3/c1-2-33-25-13-19(22(27)15-26(25)34-17-18-3-5-20(29)6-4-18)16-30-21-7-8-24(23(28)14-21)31-9-11-32-12-10-31/h3-8,13-15,30H,2,9-12,16-17H2,1H3. The Kier molecular flexibility index (Phi) is 8.53. The van der Waals surface area contributed by atoms with Gasteiger partial charge in [0, 0.05) is 29.8 Å². The van der Waals surface area contributed by atoms with Gasteiger partial charge in [-0.25, -0.2) is 4.39 Å². The van der Waals surface area contributed by atoms with Crippen molar-refractivity contribution in [3.05, 3.63) is 81.0 Å². The van der Waals surface area contributed by atoms with Crippen LogP contribution in [0.3, 0.4) is 0 Å². The molecule has 1 N–H and O–H groups in total. The first kappa shape index (κ1) is 24.6. The lowest BCUT2D eigenvalue weighted by molar-refractivity contribution is 0.122. The summed E-state index contributed by atoms with van der Waals surface area (Å²) in [6.45, 7) is 6.46. The van der Waals surface area contributed by atoms with Crippen molar-refractivity contribution in [3.63, 3.8) is 0 Å². The maximum absolute atomic E-state index is 13.1. The maximum Gasteiger partial charge on any atom is 0.162 e. The molecule has 0 amide bonds. The Morgan fingerprint density at radius 3 is 2.47 bits per heavy atom. The molecule has 1 aliphatic rings. The molecular weight excluding hydrogens is 523 g/mol. The van der Waals surface area contributed by atoms with E-state index in [1.165, 1.54) is 12.1 Å². The van der Waals surface area contributed by atoms with Crippen LogP contribution in [0.5, 0.6) is 11.5 Å². The molecule has 1 heterocycles. The van der Waals surface area contributed by atoms with Gasteiger partial charge in [-0.05, 0) is 60.5 Å². The Balaban J connectivity index is 1.43. The molecule has 3 aromatic carbocycles. The average Bonchev–Trinajstić information content (AvgIpc) is 2.85. The van der Waals surface area contributed by atoms with Gasteiger partial charge in [-0.15, -0.1) is 0 Å². The van der Waals surface area contributed by atoms with Crippen LogP contribution in [0, 0.1) is 5.82 Å². The Morgan fingerprint density at radius 1 is 1.03 bits per heavy atom. The minimum atomic E-state index is -0.268. The third kappa shape index (κ3) is 6.34. The van der Waals surface area contributed by atoms with Crippen molar-refractivity contribution in [1.82, 2.24) is 0 Å². The van der Waals surface area contributed by atoms with Crippen LogP contribution in [0.1, 0.15) is 18.1 Å². The van der Waals surface area contributed by atoms with Crippen LogP contribution in [0.4, 0.5) is 15.8 Å². The molecule has 1 aliphatic heterocycles. The van der Waals surface area contributed by atoms with E-state index in [4.69, 9.17) is 25.8 Å². The SMILES string of the molecule is CCOc1cc(CNc2ccc(N3CCOCC3)c(Cl)c2)c(Br)cc1OCc1ccc(F)cc1. The van der Waals surface area contributed by atoms with Gasteiger partial charge in [0.15, 0.2) is 11.5 Å². The number of anilines is 2. The molecule has 0 bridgehead atoms. The largest absolute Gasteiger partial charge is 0.490 e. The fraction of sp³-hybridized carbons (Fsp3) is 0.308. The van der Waals surface area contributed by atoms with Gasteiger partial charge < -0.3 is 24.4 Å². The average molecular weight is 550 g/mol. The zero-order valence-corrected chi connectivity index (χ0v) is 21.3. The van der Waals surface area contributed by atoms with Crippen LogP contribution < -0.4 is 19.7 Å². The zero-order valence-electron chi connectivity index (χ0n) is 19.0. The maximum atomic E-state index is 13.1. The minimum Gasteiger partial charge on any atom is -0.490 e. The van der Waals surface area contributed by atoms with E-state index in [0.717, 1.165) is 53.3 Å². The minimum absolute atomic E-state index is 0.268. The van der Waals surface area contributed by atoms with Gasteiger partial charge in [0.25, 0.3) is 0 Å². The highest BCUT2D eigenvalue weighted by Crippen LogP contribution is 2.35. The molecule has 0 unspecified atom stereocenters. The van der Waals surface area contributed by atoms with E-state index in [2.05, 4.69) is 26.1 Å². The van der Waals surface area contributed by atoms with E-state index in [9.17, 15) is 4.39 Å². The van der Waals surface area contributed by atoms with Crippen LogP contribution in [-0.2, 0) is 17.9 Å². The number of hydrogen-bond acceptors (Lipinski definition) is 5. The zero-order chi connectivity index (χ0) is 23.9. The Hall–Kier alpha value is -2.48. The summed E-state index contributed by atoms with van der Waals surface area (Å²) >= 11 is 10.2. The number of nitrogens with zero attached hydrogens (tertiary/aromatic N) is 1. The summed E-state index contributed by atoms with van der Waals surface area (Å²) in [6, 6.07) is 16.2. The summed E-state index contributed by atoms with van der Waals surface area (Å²) < 4.78 is 31.3. The molecule has 4 rings (SSSR count). The Morgan fingerprint density at radius 2 is 1.76 bits per heavy atom. The topological polar surface area (TPSA) is 43.0 Å². The quantitative estimate of drug-likeness (QED) is 0.323. The van der Waals surface area contributed by atoms with E-state index in [1.807, 2.05) is 37.3 Å². The second-order valence-electron chi connectivity index (χ2n) is 7.86. The molecule has 0 atom stereocenters. The van der Waals surface area contributed by atoms with Gasteiger partial charge in [0.05, 0.1) is 30.5 Å². The lowest BCUT2D eigenvalue weighted by Gasteiger charge is -2.29. The Bertz CT molecular complexity index is 1110. The van der Waals surface area contributed by atoms with E-state index in [0.29, 0.717) is 36.3 Å². The number of benzene rings is 3. The highest BCUT2D eigenvalue weighted by molar-refractivity contribution is 9.10. The van der Waals surface area contributed by atoms with E-state index < -0.39 is 0 Å². The van der Waals surface area contributed by atoms with Crippen LogP contribution in [0.15, 0.2) is 59.1 Å². The molecule has 3 aromatic rings. The molecule has 0 radical (unpaired) electrons. The molecular formula is C26H27BrClFN2O3. The molecule has 0 spiro atoms. The molecule has 0 aromatic heterocycles. The van der Waals surface area contributed by atoms with Gasteiger partial charge in [-0.1, -0.05) is 39.7 Å². The van der Waals surface area contributed by atoms with Crippen LogP contribution >= 0.6 is 27.5 Å². The van der Waals surface area contributed by atoms with E-state index in [-0.39, 0.29) is 5.82 Å². The molecule has 1 fully saturated rings. The first-order chi connectivity index (χ1) is 16.5. The predicted octanol–water partition coefficient (Wildman–Crippen LogP) is 6.67. The number of morpholine rings is 1. The van der Waals surface area contributed by atoms with Gasteiger partial charge in [0.1, 0.15) is 12.4 Å². The van der Waals surface area contributed by atoms with Gasteiger partial charge in [-0.2, -0.15) is 0 Å². The van der Waals surface area contributed by atoms with Gasteiger partial charge >= 0.3 is 0 Å². The van der Waals surface area contributed by atoms with Gasteiger partial charge in [-0.3, -0.25) is 0 Å².